The summed E-state index contributed by atoms with van der Waals surface area (Å²) in [5.74, 6) is 0. The van der Waals surface area contributed by atoms with Crippen LogP contribution in [0.15, 0.2) is 0 Å². The lowest BCUT2D eigenvalue weighted by molar-refractivity contribution is -0.357. The van der Waals surface area contributed by atoms with Gasteiger partial charge in [-0.1, -0.05) is 0 Å². The molecule has 2 aliphatic carbocycles. The summed E-state index contributed by atoms with van der Waals surface area (Å²) in [4.78, 5) is 11.6. The van der Waals surface area contributed by atoms with Gasteiger partial charge in [0.25, 0.3) is 0 Å². The van der Waals surface area contributed by atoms with Gasteiger partial charge in [-0.3, -0.25) is 4.74 Å². The van der Waals surface area contributed by atoms with E-state index in [1.807, 2.05) is 0 Å². The van der Waals surface area contributed by atoms with E-state index in [1.165, 1.54) is 0 Å². The van der Waals surface area contributed by atoms with E-state index in [-0.39, 0.29) is 31.1 Å². The van der Waals surface area contributed by atoms with E-state index >= 15 is 0 Å². The van der Waals surface area contributed by atoms with Gasteiger partial charge >= 0.3 is 12.5 Å². The number of nitrogens with one attached hydrogen (secondary N) is 1. The van der Waals surface area contributed by atoms with E-state index in [1.54, 1.807) is 20.8 Å². The van der Waals surface area contributed by atoms with Crippen LogP contribution in [0.2, 0.25) is 0 Å². The van der Waals surface area contributed by atoms with Gasteiger partial charge in [-0.25, -0.2) is 4.79 Å². The van der Waals surface area contributed by atoms with Crippen LogP contribution in [0.3, 0.4) is 0 Å². The Morgan fingerprint density at radius 1 is 0.960 bits per heavy atom. The molecule has 0 bridgehead atoms. The Morgan fingerprint density at radius 3 is 1.96 bits per heavy atom. The molecule has 0 atom stereocenters. The average Bonchev–Trinajstić information content (AvgIpc) is 2.32. The highest BCUT2D eigenvalue weighted by atomic mass is 19.4. The third kappa shape index (κ3) is 7.79. The van der Waals surface area contributed by atoms with Crippen molar-refractivity contribution < 1.29 is 36.9 Å². The van der Waals surface area contributed by atoms with E-state index in [0.29, 0.717) is 26.1 Å². The lowest BCUT2D eigenvalue weighted by Gasteiger charge is -2.37. The molecular formula is C16H26F3NO5. The highest BCUT2D eigenvalue weighted by Gasteiger charge is 2.40. The van der Waals surface area contributed by atoms with Crippen molar-refractivity contribution in [2.45, 2.75) is 82.8 Å². The summed E-state index contributed by atoms with van der Waals surface area (Å²) in [5.41, 5.74) is -0.521. The van der Waals surface area contributed by atoms with Gasteiger partial charge in [-0.2, -0.15) is 0 Å². The zero-order valence-electron chi connectivity index (χ0n) is 14.7. The second-order valence-corrected chi connectivity index (χ2v) is 7.46. The number of ether oxygens (including phenoxy) is 4. The first-order valence-corrected chi connectivity index (χ1v) is 8.47. The number of carbonyl (C=O) groups excluding carboxylic acids is 1. The smallest absolute Gasteiger partial charge is 0.444 e. The summed E-state index contributed by atoms with van der Waals surface area (Å²) in [6, 6.07) is 0.0488. The summed E-state index contributed by atoms with van der Waals surface area (Å²) < 4.78 is 56.0. The molecule has 9 heteroatoms. The maximum absolute atomic E-state index is 12.0. The quantitative estimate of drug-likeness (QED) is 0.699. The van der Waals surface area contributed by atoms with Gasteiger partial charge in [-0.05, 0) is 33.6 Å². The summed E-state index contributed by atoms with van der Waals surface area (Å²) in [5, 5.41) is 2.78. The standard InChI is InChI=1S/C16H26F3NO5/c1-15(2,3)25-14(21)20-10-6-11(7-10)22-4-5-23-12-8-13(9-12)24-16(17,18)19/h10-13H,4-9H2,1-3H3,(H,20,21)/t10?,11?,12-,13+. The van der Waals surface area contributed by atoms with Gasteiger partial charge in [0, 0.05) is 18.9 Å². The van der Waals surface area contributed by atoms with Gasteiger partial charge < -0.3 is 19.5 Å². The van der Waals surface area contributed by atoms with E-state index in [2.05, 4.69) is 10.1 Å². The normalized spacial score (nSPS) is 29.5. The lowest BCUT2D eigenvalue weighted by Crippen LogP contribution is -2.49. The molecule has 0 saturated heterocycles. The Balaban J connectivity index is 1.43. The topological polar surface area (TPSA) is 66.0 Å². The monoisotopic (exact) mass is 369 g/mol. The van der Waals surface area contributed by atoms with Crippen molar-refractivity contribution in [1.29, 1.82) is 0 Å². The first-order chi connectivity index (χ1) is 11.5. The van der Waals surface area contributed by atoms with E-state index in [9.17, 15) is 18.0 Å². The molecule has 1 N–H and O–H groups in total. The zero-order valence-corrected chi connectivity index (χ0v) is 14.7. The maximum atomic E-state index is 12.0. The Bertz CT molecular complexity index is 440. The molecule has 0 spiro atoms. The van der Waals surface area contributed by atoms with Crippen LogP contribution in [0.25, 0.3) is 0 Å². The minimum atomic E-state index is -4.58. The van der Waals surface area contributed by atoms with Crippen LogP contribution in [0, 0.1) is 0 Å². The fourth-order valence-corrected chi connectivity index (χ4v) is 2.66. The number of hydrogen-bond acceptors (Lipinski definition) is 5. The molecule has 2 rings (SSSR count). The van der Waals surface area contributed by atoms with Crippen LogP contribution in [0.4, 0.5) is 18.0 Å². The van der Waals surface area contributed by atoms with E-state index in [4.69, 9.17) is 14.2 Å². The van der Waals surface area contributed by atoms with E-state index < -0.39 is 24.2 Å². The number of carbonyl (C=O) groups is 1. The van der Waals surface area contributed by atoms with Gasteiger partial charge in [-0.15, -0.1) is 13.2 Å². The van der Waals surface area contributed by atoms with Crippen molar-refractivity contribution in [2.24, 2.45) is 0 Å². The van der Waals surface area contributed by atoms with Crippen LogP contribution in [0.5, 0.6) is 0 Å². The molecule has 0 heterocycles. The lowest BCUT2D eigenvalue weighted by atomic mass is 9.89. The molecule has 146 valence electrons. The molecular weight excluding hydrogens is 343 g/mol. The molecule has 0 aromatic carbocycles. The van der Waals surface area contributed by atoms with Crippen LogP contribution in [-0.4, -0.2) is 55.6 Å². The van der Waals surface area contributed by atoms with Gasteiger partial charge in [0.1, 0.15) is 5.60 Å². The predicted molar refractivity (Wildman–Crippen MR) is 82.0 cm³/mol. The molecule has 2 aliphatic rings. The number of hydrogen-bond donors (Lipinski definition) is 1. The van der Waals surface area contributed by atoms with Gasteiger partial charge in [0.2, 0.25) is 0 Å². The fraction of sp³-hybridized carbons (Fsp3) is 0.938. The zero-order chi connectivity index (χ0) is 18.7. The van der Waals surface area contributed by atoms with Crippen molar-refractivity contribution in [3.05, 3.63) is 0 Å². The Kier molecular flexibility index (Phi) is 6.56. The minimum absolute atomic E-state index is 0.0488. The predicted octanol–water partition coefficient (Wildman–Crippen LogP) is 3.14. The van der Waals surface area contributed by atoms with Crippen molar-refractivity contribution in [2.75, 3.05) is 13.2 Å². The Hall–Kier alpha value is -1.06. The second kappa shape index (κ2) is 8.09. The number of alkyl halides is 3. The molecule has 0 radical (unpaired) electrons. The summed E-state index contributed by atoms with van der Waals surface area (Å²) in [6.45, 7) is 6.13. The van der Waals surface area contributed by atoms with Crippen LogP contribution in [-0.2, 0) is 18.9 Å². The summed E-state index contributed by atoms with van der Waals surface area (Å²) >= 11 is 0. The number of rotatable bonds is 7. The van der Waals surface area contributed by atoms with Gasteiger partial charge in [0.15, 0.2) is 0 Å². The first-order valence-electron chi connectivity index (χ1n) is 8.47. The molecule has 2 saturated carbocycles. The molecule has 6 nitrogen and oxygen atoms in total. The number of halogens is 3. The van der Waals surface area contributed by atoms with E-state index in [0.717, 1.165) is 0 Å². The molecule has 0 aromatic rings. The average molecular weight is 369 g/mol. The molecule has 0 aliphatic heterocycles. The fourth-order valence-electron chi connectivity index (χ4n) is 2.66. The van der Waals surface area contributed by atoms with Crippen molar-refractivity contribution in [3.8, 4) is 0 Å². The van der Waals surface area contributed by atoms with Crippen LogP contribution < -0.4 is 5.32 Å². The van der Waals surface area contributed by atoms with Crippen molar-refractivity contribution >= 4 is 6.09 Å². The van der Waals surface area contributed by atoms with Crippen molar-refractivity contribution in [3.63, 3.8) is 0 Å². The largest absolute Gasteiger partial charge is 0.522 e. The number of amides is 1. The highest BCUT2D eigenvalue weighted by molar-refractivity contribution is 5.68. The third-order valence-electron chi connectivity index (χ3n) is 3.96. The summed E-state index contributed by atoms with van der Waals surface area (Å²) in [6.07, 6.45) is -4.00. The molecule has 1 amide bonds. The third-order valence-corrected chi connectivity index (χ3v) is 3.96. The molecule has 0 unspecified atom stereocenters. The molecule has 25 heavy (non-hydrogen) atoms. The SMILES string of the molecule is CC(C)(C)OC(=O)NC1CC(OCCO[C@H]2C[C@@H](OC(F)(F)F)C2)C1. The van der Waals surface area contributed by atoms with Crippen molar-refractivity contribution in [1.82, 2.24) is 5.32 Å². The highest BCUT2D eigenvalue weighted by Crippen LogP contribution is 2.32. The minimum Gasteiger partial charge on any atom is -0.444 e. The first kappa shape index (κ1) is 20.3. The van der Waals surface area contributed by atoms with Crippen LogP contribution >= 0.6 is 0 Å². The maximum Gasteiger partial charge on any atom is 0.522 e. The second-order valence-electron chi connectivity index (χ2n) is 7.46. The Morgan fingerprint density at radius 2 is 1.48 bits per heavy atom. The molecule has 0 aromatic heterocycles. The van der Waals surface area contributed by atoms with Crippen LogP contribution in [0.1, 0.15) is 46.5 Å². The van der Waals surface area contributed by atoms with Gasteiger partial charge in [0.05, 0.1) is 31.5 Å². The Labute approximate surface area is 145 Å². The number of alkyl carbamates (subject to hydrolysis) is 1. The molecule has 2 fully saturated rings. The summed E-state index contributed by atoms with van der Waals surface area (Å²) in [7, 11) is 0.